The lowest BCUT2D eigenvalue weighted by Gasteiger charge is -2.26. The predicted octanol–water partition coefficient (Wildman–Crippen LogP) is 6.10. The zero-order valence-corrected chi connectivity index (χ0v) is 19.6. The lowest BCUT2D eigenvalue weighted by molar-refractivity contribution is -0.127. The molecule has 0 radical (unpaired) electrons. The molecule has 9 heteroatoms. The molecule has 0 aliphatic heterocycles. The monoisotopic (exact) mass is 478 g/mol. The van der Waals surface area contributed by atoms with Crippen LogP contribution in [0.3, 0.4) is 0 Å². The first kappa shape index (κ1) is 22.2. The van der Waals surface area contributed by atoms with Crippen LogP contribution in [0, 0.1) is 0 Å². The number of aromatic nitrogens is 3. The Kier molecular flexibility index (Phi) is 7.25. The van der Waals surface area contributed by atoms with Crippen molar-refractivity contribution in [1.82, 2.24) is 19.7 Å². The van der Waals surface area contributed by atoms with E-state index in [1.54, 1.807) is 24.3 Å². The van der Waals surface area contributed by atoms with E-state index >= 15 is 0 Å². The second-order valence-electron chi connectivity index (χ2n) is 7.71. The molecular formula is C22H24Cl2N4O2S. The van der Waals surface area contributed by atoms with Crippen molar-refractivity contribution in [2.75, 3.05) is 12.8 Å². The molecule has 0 spiro atoms. The van der Waals surface area contributed by atoms with Gasteiger partial charge < -0.3 is 9.32 Å². The molecule has 1 aliphatic rings. The fourth-order valence-corrected chi connectivity index (χ4v) is 5.30. The number of furan rings is 1. The van der Waals surface area contributed by atoms with Gasteiger partial charge in [0.25, 0.3) is 0 Å². The number of halogens is 2. The van der Waals surface area contributed by atoms with E-state index in [1.807, 2.05) is 24.3 Å². The van der Waals surface area contributed by atoms with Crippen molar-refractivity contribution in [3.05, 3.63) is 52.4 Å². The van der Waals surface area contributed by atoms with E-state index < -0.39 is 0 Å². The smallest absolute Gasteiger partial charge is 0.233 e. The Morgan fingerprint density at radius 3 is 2.74 bits per heavy atom. The van der Waals surface area contributed by atoms with Crippen molar-refractivity contribution in [1.29, 1.82) is 0 Å². The standard InChI is InChI=1S/C22H24Cl2N4O2S/c1-27(13-17-8-5-11-30-17)20(29)14-31-22-26-25-21(18-10-9-15(23)12-19(18)24)28(22)16-6-3-2-4-7-16/h5,8-12,16H,2-4,6-7,13-14H2,1H3. The van der Waals surface area contributed by atoms with Gasteiger partial charge in [0.15, 0.2) is 11.0 Å². The maximum atomic E-state index is 12.7. The summed E-state index contributed by atoms with van der Waals surface area (Å²) >= 11 is 14.0. The summed E-state index contributed by atoms with van der Waals surface area (Å²) in [6.45, 7) is 0.438. The number of benzene rings is 1. The molecule has 0 N–H and O–H groups in total. The topological polar surface area (TPSA) is 64.2 Å². The lowest BCUT2D eigenvalue weighted by Crippen LogP contribution is -2.27. The molecule has 1 fully saturated rings. The Bertz CT molecular complexity index is 1030. The van der Waals surface area contributed by atoms with Gasteiger partial charge in [-0.25, -0.2) is 0 Å². The van der Waals surface area contributed by atoms with Gasteiger partial charge in [-0.1, -0.05) is 54.2 Å². The van der Waals surface area contributed by atoms with Gasteiger partial charge in [-0.05, 0) is 43.2 Å². The molecule has 2 aromatic heterocycles. The van der Waals surface area contributed by atoms with Crippen molar-refractivity contribution in [3.8, 4) is 11.4 Å². The largest absolute Gasteiger partial charge is 0.467 e. The molecule has 0 saturated heterocycles. The number of rotatable bonds is 7. The first-order valence-electron chi connectivity index (χ1n) is 10.3. The Morgan fingerprint density at radius 2 is 2.03 bits per heavy atom. The van der Waals surface area contributed by atoms with Crippen LogP contribution in [-0.2, 0) is 11.3 Å². The third kappa shape index (κ3) is 5.27. The number of carbonyl (C=O) groups excluding carboxylic acids is 1. The normalized spacial score (nSPS) is 14.7. The first-order chi connectivity index (χ1) is 15.0. The van der Waals surface area contributed by atoms with Crippen LogP contribution in [0.4, 0.5) is 0 Å². The van der Waals surface area contributed by atoms with Gasteiger partial charge in [-0.3, -0.25) is 9.36 Å². The van der Waals surface area contributed by atoms with Gasteiger partial charge in [0, 0.05) is 23.7 Å². The van der Waals surface area contributed by atoms with E-state index in [4.69, 9.17) is 27.6 Å². The highest BCUT2D eigenvalue weighted by molar-refractivity contribution is 7.99. The molecule has 4 rings (SSSR count). The molecule has 1 saturated carbocycles. The molecule has 0 atom stereocenters. The first-order valence-corrected chi connectivity index (χ1v) is 12.1. The summed E-state index contributed by atoms with van der Waals surface area (Å²) in [5.74, 6) is 1.76. The number of hydrogen-bond acceptors (Lipinski definition) is 5. The van der Waals surface area contributed by atoms with E-state index in [2.05, 4.69) is 14.8 Å². The fraction of sp³-hybridized carbons (Fsp3) is 0.409. The minimum atomic E-state index is 0.00525. The highest BCUT2D eigenvalue weighted by Crippen LogP contribution is 2.38. The van der Waals surface area contributed by atoms with Gasteiger partial charge in [0.2, 0.25) is 5.91 Å². The summed E-state index contributed by atoms with van der Waals surface area (Å²) in [5, 5.41) is 10.8. The molecule has 1 aromatic carbocycles. The molecule has 164 valence electrons. The number of thioether (sulfide) groups is 1. The van der Waals surface area contributed by atoms with Crippen molar-refractivity contribution in [2.45, 2.75) is 49.8 Å². The van der Waals surface area contributed by atoms with E-state index in [0.29, 0.717) is 22.6 Å². The molecule has 0 unspecified atom stereocenters. The second kappa shape index (κ2) is 10.1. The fourth-order valence-electron chi connectivity index (χ4n) is 3.86. The molecule has 31 heavy (non-hydrogen) atoms. The van der Waals surface area contributed by atoms with E-state index in [-0.39, 0.29) is 11.7 Å². The van der Waals surface area contributed by atoms with Crippen molar-refractivity contribution in [3.63, 3.8) is 0 Å². The van der Waals surface area contributed by atoms with Crippen LogP contribution in [0.2, 0.25) is 10.0 Å². The van der Waals surface area contributed by atoms with Crippen LogP contribution in [-0.4, -0.2) is 38.4 Å². The zero-order valence-electron chi connectivity index (χ0n) is 17.3. The van der Waals surface area contributed by atoms with Gasteiger partial charge in [0.1, 0.15) is 5.76 Å². The average Bonchev–Trinajstić information content (AvgIpc) is 3.42. The molecule has 3 aromatic rings. The van der Waals surface area contributed by atoms with E-state index in [9.17, 15) is 4.79 Å². The highest BCUT2D eigenvalue weighted by Gasteiger charge is 2.25. The Labute approximate surface area is 195 Å². The van der Waals surface area contributed by atoms with Crippen LogP contribution in [0.5, 0.6) is 0 Å². The molecule has 0 bridgehead atoms. The predicted molar refractivity (Wildman–Crippen MR) is 124 cm³/mol. The molecule has 6 nitrogen and oxygen atoms in total. The van der Waals surface area contributed by atoms with Crippen LogP contribution >= 0.6 is 35.0 Å². The summed E-state index contributed by atoms with van der Waals surface area (Å²) in [4.78, 5) is 14.3. The van der Waals surface area contributed by atoms with Crippen LogP contribution in [0.1, 0.15) is 43.9 Å². The summed E-state index contributed by atoms with van der Waals surface area (Å²) in [5.41, 5.74) is 0.803. The maximum Gasteiger partial charge on any atom is 0.233 e. The third-order valence-electron chi connectivity index (χ3n) is 5.50. The van der Waals surface area contributed by atoms with E-state index in [1.165, 1.54) is 31.0 Å². The highest BCUT2D eigenvalue weighted by atomic mass is 35.5. The SMILES string of the molecule is CN(Cc1ccco1)C(=O)CSc1nnc(-c2ccc(Cl)cc2Cl)n1C1CCCCC1. The summed E-state index contributed by atoms with van der Waals surface area (Å²) < 4.78 is 7.50. The van der Waals surface area contributed by atoms with Gasteiger partial charge in [-0.2, -0.15) is 0 Å². The summed E-state index contributed by atoms with van der Waals surface area (Å²) in [7, 11) is 1.77. The third-order valence-corrected chi connectivity index (χ3v) is 6.98. The Balaban J connectivity index is 1.55. The van der Waals surface area contributed by atoms with Crippen molar-refractivity contribution in [2.24, 2.45) is 0 Å². The van der Waals surface area contributed by atoms with Crippen molar-refractivity contribution >= 4 is 40.9 Å². The number of nitrogens with zero attached hydrogens (tertiary/aromatic N) is 4. The molecular weight excluding hydrogens is 455 g/mol. The van der Waals surface area contributed by atoms with Gasteiger partial charge >= 0.3 is 0 Å². The van der Waals surface area contributed by atoms with E-state index in [0.717, 1.165) is 35.1 Å². The number of amides is 1. The summed E-state index contributed by atoms with van der Waals surface area (Å²) in [6, 6.07) is 9.38. The van der Waals surface area contributed by atoms with Crippen LogP contribution < -0.4 is 0 Å². The zero-order chi connectivity index (χ0) is 21.8. The van der Waals surface area contributed by atoms with Gasteiger partial charge in [0.05, 0.1) is 23.6 Å². The summed E-state index contributed by atoms with van der Waals surface area (Å²) in [6.07, 6.45) is 7.33. The lowest BCUT2D eigenvalue weighted by atomic mass is 9.95. The molecule has 2 heterocycles. The Morgan fingerprint density at radius 1 is 1.23 bits per heavy atom. The van der Waals surface area contributed by atoms with Crippen LogP contribution in [0.15, 0.2) is 46.2 Å². The number of carbonyl (C=O) groups is 1. The number of hydrogen-bond donors (Lipinski definition) is 0. The van der Waals surface area contributed by atoms with Crippen LogP contribution in [0.25, 0.3) is 11.4 Å². The maximum absolute atomic E-state index is 12.7. The average molecular weight is 479 g/mol. The van der Waals surface area contributed by atoms with Gasteiger partial charge in [-0.15, -0.1) is 10.2 Å². The molecule has 1 amide bonds. The Hall–Kier alpha value is -1.96. The van der Waals surface area contributed by atoms with Crippen molar-refractivity contribution < 1.29 is 9.21 Å². The second-order valence-corrected chi connectivity index (χ2v) is 9.50. The molecule has 1 aliphatic carbocycles. The quantitative estimate of drug-likeness (QED) is 0.383. The minimum absolute atomic E-state index is 0.00525. The minimum Gasteiger partial charge on any atom is -0.467 e.